The van der Waals surface area contributed by atoms with Gasteiger partial charge in [-0.25, -0.2) is 9.50 Å². The number of nitrogens with zero attached hydrogens (tertiary/aromatic N) is 5. The van der Waals surface area contributed by atoms with Crippen LogP contribution in [0.5, 0.6) is 0 Å². The molecule has 0 radical (unpaired) electrons. The second-order valence-electron chi connectivity index (χ2n) is 6.57. The van der Waals surface area contributed by atoms with E-state index in [4.69, 9.17) is 0 Å². The minimum atomic E-state index is -1.16. The van der Waals surface area contributed by atoms with Crippen molar-refractivity contribution >= 4 is 11.7 Å². The number of aliphatic hydroxyl groups excluding tert-OH is 1. The minimum Gasteiger partial charge on any atom is -0.388 e. The summed E-state index contributed by atoms with van der Waals surface area (Å²) in [6, 6.07) is 1.72. The lowest BCUT2D eigenvalue weighted by Crippen LogP contribution is -2.55. The van der Waals surface area contributed by atoms with E-state index in [1.54, 1.807) is 17.5 Å². The highest BCUT2D eigenvalue weighted by atomic mass is 16.3. The Hall–Kier alpha value is -2.06. The molecule has 124 valence electrons. The van der Waals surface area contributed by atoms with E-state index in [9.17, 15) is 15.0 Å². The quantitative estimate of drug-likeness (QED) is 0.820. The highest BCUT2D eigenvalue weighted by Gasteiger charge is 2.38. The van der Waals surface area contributed by atoms with Crippen LogP contribution >= 0.6 is 0 Å². The summed E-state index contributed by atoms with van der Waals surface area (Å²) in [5, 5.41) is 24.1. The van der Waals surface area contributed by atoms with Gasteiger partial charge in [-0.15, -0.1) is 0 Å². The predicted octanol–water partition coefficient (Wildman–Crippen LogP) is 0.206. The Balaban J connectivity index is 1.92. The molecule has 1 aliphatic rings. The van der Waals surface area contributed by atoms with Crippen LogP contribution < -0.4 is 0 Å². The maximum atomic E-state index is 12.7. The highest BCUT2D eigenvalue weighted by Crippen LogP contribution is 2.24. The van der Waals surface area contributed by atoms with Crippen molar-refractivity contribution in [2.45, 2.75) is 44.8 Å². The zero-order valence-electron chi connectivity index (χ0n) is 13.5. The summed E-state index contributed by atoms with van der Waals surface area (Å²) in [5.74, 6) is 0.262. The lowest BCUT2D eigenvalue weighted by atomic mass is 9.90. The number of carbonyl (C=O) groups is 1. The van der Waals surface area contributed by atoms with E-state index >= 15 is 0 Å². The van der Waals surface area contributed by atoms with E-state index in [0.29, 0.717) is 18.7 Å². The Morgan fingerprint density at radius 2 is 2.22 bits per heavy atom. The van der Waals surface area contributed by atoms with E-state index in [2.05, 4.69) is 15.1 Å². The zero-order valence-corrected chi connectivity index (χ0v) is 13.5. The van der Waals surface area contributed by atoms with Gasteiger partial charge >= 0.3 is 0 Å². The number of hydrogen-bond acceptors (Lipinski definition) is 6. The Morgan fingerprint density at radius 3 is 2.87 bits per heavy atom. The largest absolute Gasteiger partial charge is 0.388 e. The number of likely N-dealkylation sites (tertiary alicyclic amines) is 1. The summed E-state index contributed by atoms with van der Waals surface area (Å²) >= 11 is 0. The van der Waals surface area contributed by atoms with E-state index < -0.39 is 11.7 Å². The minimum absolute atomic E-state index is 0.0857. The van der Waals surface area contributed by atoms with Crippen LogP contribution in [0.4, 0.5) is 0 Å². The lowest BCUT2D eigenvalue weighted by molar-refractivity contribution is -0.0999. The first-order valence-electron chi connectivity index (χ1n) is 7.70. The van der Waals surface area contributed by atoms with E-state index in [0.717, 1.165) is 5.69 Å². The molecule has 0 saturated carbocycles. The van der Waals surface area contributed by atoms with Crippen LogP contribution in [0.25, 0.3) is 5.78 Å². The fraction of sp³-hybridized carbons (Fsp3) is 0.600. The molecule has 2 aromatic rings. The van der Waals surface area contributed by atoms with Crippen molar-refractivity contribution in [3.05, 3.63) is 23.8 Å². The average molecular weight is 319 g/mol. The normalized spacial score (nSPS) is 25.3. The topological polar surface area (TPSA) is 104 Å². The SMILES string of the molecule is CC(C)c1cc(C(=O)N2CC[C@@](C)(O)[C@@H](O)C2)nc2ncnn12. The zero-order chi connectivity index (χ0) is 16.8. The number of fused-ring (bicyclic) bond motifs is 1. The number of β-amino-alcohol motifs (C(OH)–C–C–N with tert-alkyl or cyclic N) is 1. The van der Waals surface area contributed by atoms with Gasteiger partial charge in [-0.05, 0) is 25.3 Å². The summed E-state index contributed by atoms with van der Waals surface area (Å²) in [4.78, 5) is 22.6. The Bertz CT molecular complexity index is 740. The predicted molar refractivity (Wildman–Crippen MR) is 82.0 cm³/mol. The molecule has 1 fully saturated rings. The van der Waals surface area contributed by atoms with Crippen molar-refractivity contribution in [2.24, 2.45) is 0 Å². The molecule has 2 atom stereocenters. The van der Waals surface area contributed by atoms with Crippen LogP contribution in [0, 0.1) is 0 Å². The molecule has 0 unspecified atom stereocenters. The van der Waals surface area contributed by atoms with Gasteiger partial charge in [0.25, 0.3) is 11.7 Å². The van der Waals surface area contributed by atoms with Crippen LogP contribution in [-0.2, 0) is 0 Å². The number of aliphatic hydroxyl groups is 2. The summed E-state index contributed by atoms with van der Waals surface area (Å²) < 4.78 is 1.62. The summed E-state index contributed by atoms with van der Waals surface area (Å²) in [5.41, 5.74) is -0.0343. The van der Waals surface area contributed by atoms with Gasteiger partial charge in [-0.2, -0.15) is 10.1 Å². The number of aromatic nitrogens is 4. The second-order valence-corrected chi connectivity index (χ2v) is 6.57. The van der Waals surface area contributed by atoms with Gasteiger partial charge in [-0.3, -0.25) is 4.79 Å². The molecule has 3 heterocycles. The molecule has 1 amide bonds. The first-order chi connectivity index (χ1) is 10.8. The van der Waals surface area contributed by atoms with Gasteiger partial charge in [0.05, 0.1) is 17.4 Å². The molecule has 8 nitrogen and oxygen atoms in total. The highest BCUT2D eigenvalue weighted by molar-refractivity contribution is 5.93. The van der Waals surface area contributed by atoms with Gasteiger partial charge in [0.1, 0.15) is 12.0 Å². The monoisotopic (exact) mass is 319 g/mol. The fourth-order valence-corrected chi connectivity index (χ4v) is 2.73. The van der Waals surface area contributed by atoms with Crippen molar-refractivity contribution in [2.75, 3.05) is 13.1 Å². The summed E-state index contributed by atoms with van der Waals surface area (Å²) in [6.45, 7) is 6.05. The van der Waals surface area contributed by atoms with Crippen molar-refractivity contribution < 1.29 is 15.0 Å². The van der Waals surface area contributed by atoms with E-state index in [1.807, 2.05) is 13.8 Å². The van der Waals surface area contributed by atoms with Gasteiger partial charge in [0.2, 0.25) is 0 Å². The molecule has 1 saturated heterocycles. The van der Waals surface area contributed by atoms with Crippen molar-refractivity contribution in [3.8, 4) is 0 Å². The standard InChI is InChI=1S/C15H21N5O3/c1-9(2)11-6-10(18-14-16-8-17-20(11)14)13(22)19-5-4-15(3,23)12(21)7-19/h6,8-9,12,21,23H,4-5,7H2,1-3H3/t12-,15+/m0/s1. The number of carbonyl (C=O) groups excluding carboxylic acids is 1. The molecular formula is C15H21N5O3. The maximum Gasteiger partial charge on any atom is 0.272 e. The average Bonchev–Trinajstić information content (AvgIpc) is 2.96. The number of piperidine rings is 1. The van der Waals surface area contributed by atoms with Crippen LogP contribution in [0.2, 0.25) is 0 Å². The molecular weight excluding hydrogens is 298 g/mol. The van der Waals surface area contributed by atoms with Crippen LogP contribution in [0.15, 0.2) is 12.4 Å². The van der Waals surface area contributed by atoms with Crippen molar-refractivity contribution in [1.82, 2.24) is 24.5 Å². The third-order valence-corrected chi connectivity index (χ3v) is 4.38. The molecule has 8 heteroatoms. The second kappa shape index (κ2) is 5.54. The molecule has 0 aliphatic carbocycles. The molecule has 3 rings (SSSR count). The Kier molecular flexibility index (Phi) is 3.81. The Morgan fingerprint density at radius 1 is 1.48 bits per heavy atom. The summed E-state index contributed by atoms with van der Waals surface area (Å²) in [6.07, 6.45) is 0.760. The third-order valence-electron chi connectivity index (χ3n) is 4.38. The molecule has 0 spiro atoms. The van der Waals surface area contributed by atoms with Crippen LogP contribution in [0.3, 0.4) is 0 Å². The smallest absolute Gasteiger partial charge is 0.272 e. The molecule has 2 aromatic heterocycles. The van der Waals surface area contributed by atoms with Crippen LogP contribution in [-0.4, -0.2) is 65.4 Å². The number of hydrogen-bond donors (Lipinski definition) is 2. The Labute approximate surface area is 133 Å². The van der Waals surface area contributed by atoms with Gasteiger partial charge in [-0.1, -0.05) is 13.8 Å². The first kappa shape index (κ1) is 15.8. The van der Waals surface area contributed by atoms with Gasteiger partial charge < -0.3 is 15.1 Å². The lowest BCUT2D eigenvalue weighted by Gasteiger charge is -2.39. The van der Waals surface area contributed by atoms with E-state index in [-0.39, 0.29) is 24.1 Å². The van der Waals surface area contributed by atoms with Gasteiger partial charge in [0.15, 0.2) is 0 Å². The molecule has 0 bridgehead atoms. The summed E-state index contributed by atoms with van der Waals surface area (Å²) in [7, 11) is 0. The van der Waals surface area contributed by atoms with Crippen molar-refractivity contribution in [3.63, 3.8) is 0 Å². The molecule has 1 aliphatic heterocycles. The maximum absolute atomic E-state index is 12.7. The molecule has 2 N–H and O–H groups in total. The fourth-order valence-electron chi connectivity index (χ4n) is 2.73. The van der Waals surface area contributed by atoms with Gasteiger partial charge in [0, 0.05) is 13.1 Å². The molecule has 23 heavy (non-hydrogen) atoms. The number of rotatable bonds is 2. The first-order valence-corrected chi connectivity index (χ1v) is 7.70. The van der Waals surface area contributed by atoms with Crippen molar-refractivity contribution in [1.29, 1.82) is 0 Å². The third kappa shape index (κ3) is 2.79. The molecule has 0 aromatic carbocycles. The number of amides is 1. The van der Waals surface area contributed by atoms with Crippen LogP contribution in [0.1, 0.15) is 49.3 Å². The van der Waals surface area contributed by atoms with E-state index in [1.165, 1.54) is 11.2 Å².